The third-order valence-electron chi connectivity index (χ3n) is 5.08. The normalized spacial score (nSPS) is 15.7. The first-order valence-electron chi connectivity index (χ1n) is 10.2. The first-order chi connectivity index (χ1) is 14.2. The molecular formula is C21H25N5O2S. The van der Waals surface area contributed by atoms with Gasteiger partial charge in [-0.15, -0.1) is 10.2 Å². The van der Waals surface area contributed by atoms with Crippen molar-refractivity contribution < 1.29 is 9.53 Å². The number of carbonyl (C=O) groups excluding carboxylic acids is 1. The van der Waals surface area contributed by atoms with Gasteiger partial charge in [-0.05, 0) is 56.9 Å². The lowest BCUT2D eigenvalue weighted by Gasteiger charge is -2.22. The SMILES string of the molecule is CCOc1ccc(N(CCC#N)C(=O)CSc2nnc(C3CC3)n2C2CC2)cc1. The molecule has 0 N–H and O–H groups in total. The fourth-order valence-electron chi connectivity index (χ4n) is 3.34. The molecule has 2 fully saturated rings. The van der Waals surface area contributed by atoms with E-state index < -0.39 is 0 Å². The number of benzene rings is 1. The highest BCUT2D eigenvalue weighted by atomic mass is 32.2. The summed E-state index contributed by atoms with van der Waals surface area (Å²) in [7, 11) is 0. The van der Waals surface area contributed by atoms with Gasteiger partial charge in [0.1, 0.15) is 11.6 Å². The second-order valence-corrected chi connectivity index (χ2v) is 8.33. The highest BCUT2D eigenvalue weighted by Crippen LogP contribution is 2.46. The summed E-state index contributed by atoms with van der Waals surface area (Å²) < 4.78 is 7.73. The van der Waals surface area contributed by atoms with Crippen LogP contribution in [0.3, 0.4) is 0 Å². The molecule has 0 bridgehead atoms. The number of nitrogens with zero attached hydrogens (tertiary/aromatic N) is 5. The molecule has 2 saturated carbocycles. The van der Waals surface area contributed by atoms with Crippen LogP contribution in [-0.2, 0) is 4.79 Å². The zero-order valence-corrected chi connectivity index (χ0v) is 17.4. The molecule has 8 heteroatoms. The first kappa shape index (κ1) is 19.8. The predicted octanol–water partition coefficient (Wildman–Crippen LogP) is 3.93. The van der Waals surface area contributed by atoms with Crippen molar-refractivity contribution in [2.24, 2.45) is 0 Å². The molecule has 0 spiro atoms. The van der Waals surface area contributed by atoms with E-state index in [4.69, 9.17) is 10.00 Å². The molecule has 1 heterocycles. The van der Waals surface area contributed by atoms with Crippen molar-refractivity contribution in [3.8, 4) is 11.8 Å². The standard InChI is InChI=1S/C21H25N5O2S/c1-2-28-18-10-8-16(9-11-18)25(13-3-12-22)19(27)14-29-21-24-23-20(15-4-5-15)26(21)17-6-7-17/h8-11,15,17H,2-7,13-14H2,1H3. The fraction of sp³-hybridized carbons (Fsp3) is 0.524. The lowest BCUT2D eigenvalue weighted by atomic mass is 10.2. The summed E-state index contributed by atoms with van der Waals surface area (Å²) in [6.07, 6.45) is 5.00. The van der Waals surface area contributed by atoms with Crippen LogP contribution in [0.1, 0.15) is 56.8 Å². The molecule has 0 unspecified atom stereocenters. The van der Waals surface area contributed by atoms with Gasteiger partial charge in [0, 0.05) is 24.2 Å². The van der Waals surface area contributed by atoms with E-state index in [2.05, 4.69) is 20.8 Å². The summed E-state index contributed by atoms with van der Waals surface area (Å²) in [5.41, 5.74) is 0.775. The second kappa shape index (κ2) is 8.87. The molecule has 1 amide bonds. The van der Waals surface area contributed by atoms with Crippen LogP contribution in [0.2, 0.25) is 0 Å². The van der Waals surface area contributed by atoms with Crippen molar-refractivity contribution in [2.45, 2.75) is 56.1 Å². The minimum absolute atomic E-state index is 0.0345. The number of nitriles is 1. The van der Waals surface area contributed by atoms with Crippen molar-refractivity contribution >= 4 is 23.4 Å². The average molecular weight is 412 g/mol. The van der Waals surface area contributed by atoms with E-state index in [1.165, 1.54) is 37.4 Å². The monoisotopic (exact) mass is 411 g/mol. The summed E-state index contributed by atoms with van der Waals surface area (Å²) in [6.45, 7) is 2.90. The van der Waals surface area contributed by atoms with Crippen LogP contribution in [0.25, 0.3) is 0 Å². The molecule has 29 heavy (non-hydrogen) atoms. The topological polar surface area (TPSA) is 84.0 Å². The first-order valence-corrected chi connectivity index (χ1v) is 11.2. The van der Waals surface area contributed by atoms with E-state index >= 15 is 0 Å². The second-order valence-electron chi connectivity index (χ2n) is 7.39. The Morgan fingerprint density at radius 2 is 2.03 bits per heavy atom. The van der Waals surface area contributed by atoms with E-state index in [0.29, 0.717) is 25.1 Å². The van der Waals surface area contributed by atoms with Crippen LogP contribution in [-0.4, -0.2) is 39.6 Å². The molecule has 2 aliphatic carbocycles. The van der Waals surface area contributed by atoms with Crippen LogP contribution >= 0.6 is 11.8 Å². The van der Waals surface area contributed by atoms with Crippen molar-refractivity contribution in [3.05, 3.63) is 30.1 Å². The molecule has 152 valence electrons. The number of anilines is 1. The molecule has 2 aromatic rings. The summed E-state index contributed by atoms with van der Waals surface area (Å²) in [6, 6.07) is 10.1. The van der Waals surface area contributed by atoms with Gasteiger partial charge in [-0.25, -0.2) is 0 Å². The number of amides is 1. The smallest absolute Gasteiger partial charge is 0.237 e. The summed E-state index contributed by atoms with van der Waals surface area (Å²) in [5.74, 6) is 2.64. The Hall–Kier alpha value is -2.53. The van der Waals surface area contributed by atoms with Crippen molar-refractivity contribution in [2.75, 3.05) is 23.8 Å². The third-order valence-corrected chi connectivity index (χ3v) is 6.01. The van der Waals surface area contributed by atoms with E-state index in [0.717, 1.165) is 22.4 Å². The van der Waals surface area contributed by atoms with Crippen molar-refractivity contribution in [3.63, 3.8) is 0 Å². The largest absolute Gasteiger partial charge is 0.494 e. The Morgan fingerprint density at radius 1 is 1.28 bits per heavy atom. The predicted molar refractivity (Wildman–Crippen MR) is 111 cm³/mol. The number of ether oxygens (including phenoxy) is 1. The van der Waals surface area contributed by atoms with Gasteiger partial charge < -0.3 is 14.2 Å². The Bertz CT molecular complexity index is 897. The number of rotatable bonds is 10. The number of carbonyl (C=O) groups is 1. The van der Waals surface area contributed by atoms with Crippen LogP contribution in [0, 0.1) is 11.3 Å². The van der Waals surface area contributed by atoms with E-state index in [1.807, 2.05) is 31.2 Å². The molecular weight excluding hydrogens is 386 g/mol. The maximum absolute atomic E-state index is 13.0. The molecule has 0 atom stereocenters. The molecule has 0 aliphatic heterocycles. The van der Waals surface area contributed by atoms with Crippen LogP contribution in [0.5, 0.6) is 5.75 Å². The lowest BCUT2D eigenvalue weighted by molar-refractivity contribution is -0.116. The Morgan fingerprint density at radius 3 is 2.66 bits per heavy atom. The lowest BCUT2D eigenvalue weighted by Crippen LogP contribution is -2.33. The molecule has 0 radical (unpaired) electrons. The maximum atomic E-state index is 13.0. The minimum atomic E-state index is -0.0345. The van der Waals surface area contributed by atoms with Gasteiger partial charge in [0.25, 0.3) is 0 Å². The van der Waals surface area contributed by atoms with E-state index in [9.17, 15) is 4.79 Å². The summed E-state index contributed by atoms with van der Waals surface area (Å²) in [5, 5.41) is 18.6. The molecule has 7 nitrogen and oxygen atoms in total. The van der Waals surface area contributed by atoms with E-state index in [-0.39, 0.29) is 18.1 Å². The Balaban J connectivity index is 1.45. The summed E-state index contributed by atoms with van der Waals surface area (Å²) in [4.78, 5) is 14.7. The number of aromatic nitrogens is 3. The highest BCUT2D eigenvalue weighted by Gasteiger charge is 2.36. The van der Waals surface area contributed by atoms with Crippen molar-refractivity contribution in [1.82, 2.24) is 14.8 Å². The van der Waals surface area contributed by atoms with Crippen molar-refractivity contribution in [1.29, 1.82) is 5.26 Å². The van der Waals surface area contributed by atoms with Gasteiger partial charge in [-0.2, -0.15) is 5.26 Å². The minimum Gasteiger partial charge on any atom is -0.494 e. The zero-order chi connectivity index (χ0) is 20.2. The van der Waals surface area contributed by atoms with Crippen LogP contribution < -0.4 is 9.64 Å². The Kier molecular flexibility index (Phi) is 6.05. The molecule has 4 rings (SSSR count). The summed E-state index contributed by atoms with van der Waals surface area (Å²) >= 11 is 1.45. The number of hydrogen-bond acceptors (Lipinski definition) is 6. The molecule has 0 saturated heterocycles. The zero-order valence-electron chi connectivity index (χ0n) is 16.6. The Labute approximate surface area is 175 Å². The van der Waals surface area contributed by atoms with Crippen LogP contribution in [0.15, 0.2) is 29.4 Å². The maximum Gasteiger partial charge on any atom is 0.237 e. The fourth-order valence-corrected chi connectivity index (χ4v) is 4.22. The van der Waals surface area contributed by atoms with Gasteiger partial charge in [-0.3, -0.25) is 4.79 Å². The average Bonchev–Trinajstić information content (AvgIpc) is 3.67. The van der Waals surface area contributed by atoms with Gasteiger partial charge in [0.2, 0.25) is 5.91 Å². The number of hydrogen-bond donors (Lipinski definition) is 0. The van der Waals surface area contributed by atoms with Gasteiger partial charge in [-0.1, -0.05) is 11.8 Å². The molecule has 2 aliphatic rings. The highest BCUT2D eigenvalue weighted by molar-refractivity contribution is 7.99. The molecule has 1 aromatic heterocycles. The van der Waals surface area contributed by atoms with Gasteiger partial charge in [0.15, 0.2) is 5.16 Å². The number of thioether (sulfide) groups is 1. The van der Waals surface area contributed by atoms with Crippen LogP contribution in [0.4, 0.5) is 5.69 Å². The van der Waals surface area contributed by atoms with Gasteiger partial charge >= 0.3 is 0 Å². The third kappa shape index (κ3) is 4.73. The van der Waals surface area contributed by atoms with E-state index in [1.54, 1.807) is 4.90 Å². The molecule has 1 aromatic carbocycles. The quantitative estimate of drug-likeness (QED) is 0.551. The van der Waals surface area contributed by atoms with Gasteiger partial charge in [0.05, 0.1) is 24.8 Å².